The summed E-state index contributed by atoms with van der Waals surface area (Å²) in [5.74, 6) is 2.25. The van der Waals surface area contributed by atoms with Crippen LogP contribution in [0.1, 0.15) is 0 Å². The van der Waals surface area contributed by atoms with Crippen molar-refractivity contribution in [1.29, 1.82) is 5.41 Å². The number of nitrogens with two attached hydrogens (primary N) is 1. The quantitative estimate of drug-likeness (QED) is 0.0590. The summed E-state index contributed by atoms with van der Waals surface area (Å²) in [6.07, 6.45) is 0. The molecule has 534 valence electrons. The molecule has 0 saturated carbocycles. The van der Waals surface area contributed by atoms with Gasteiger partial charge in [-0.2, -0.15) is 0 Å². The summed E-state index contributed by atoms with van der Waals surface area (Å²) in [7, 11) is 0. The molecule has 0 fully saturated rings. The van der Waals surface area contributed by atoms with Crippen molar-refractivity contribution in [3.05, 3.63) is 467 Å². The van der Waals surface area contributed by atoms with Gasteiger partial charge in [0.1, 0.15) is 0 Å². The maximum absolute atomic E-state index is 9.20. The van der Waals surface area contributed by atoms with Crippen LogP contribution in [0.2, 0.25) is 0 Å². The number of benzene rings is 16. The van der Waals surface area contributed by atoms with E-state index >= 15 is 0 Å². The fourth-order valence-electron chi connectivity index (χ4n) is 12.1. The second-order valence-electron chi connectivity index (χ2n) is 24.9. The van der Waals surface area contributed by atoms with Gasteiger partial charge in [-0.15, -0.1) is 0 Å². The lowest BCUT2D eigenvalue weighted by Gasteiger charge is -2.35. The summed E-state index contributed by atoms with van der Waals surface area (Å²) < 4.78 is 0. The van der Waals surface area contributed by atoms with Crippen LogP contribution in [-0.2, 0) is 0 Å². The molecule has 0 amide bonds. The molecule has 0 unspecified atom stereocenters. The molecule has 0 radical (unpaired) electrons. The van der Waals surface area contributed by atoms with Crippen LogP contribution >= 0.6 is 0 Å². The molecule has 0 aliphatic rings. The SMILES string of the molecule is N=C(N(c1ccccc1)c1ccccc1)N(c1ccccc1)c1ccccc1.NC(=Nc1ccccc1)N(c1ccccc1)c1ccccc1.c1ccc(N=C(N(c2ccccc2)c2ccccc2)N(c2ccccc2)c2ccccc2)cc1.c1ccc(N=C(Nc2ccccc2)Nc2ccc3ccccc3c2)cc1. The van der Waals surface area contributed by atoms with Gasteiger partial charge in [-0.05, 0) is 193 Å². The Balaban J connectivity index is 0.000000130. The first-order chi connectivity index (χ1) is 54.5. The predicted octanol–water partition coefficient (Wildman–Crippen LogP) is 25.5. The molecule has 0 aromatic heterocycles. The van der Waals surface area contributed by atoms with Crippen LogP contribution in [0.4, 0.5) is 85.3 Å². The molecule has 0 spiro atoms. The maximum atomic E-state index is 9.20. The Morgan fingerprint density at radius 1 is 0.218 bits per heavy atom. The topological polar surface area (TPSA) is 127 Å². The molecule has 110 heavy (non-hydrogen) atoms. The van der Waals surface area contributed by atoms with Gasteiger partial charge in [0, 0.05) is 68.2 Å². The number of nitrogens with zero attached hydrogens (tertiary/aromatic N) is 8. The van der Waals surface area contributed by atoms with Gasteiger partial charge < -0.3 is 16.4 Å². The first-order valence-electron chi connectivity index (χ1n) is 36.3. The predicted molar refractivity (Wildman–Crippen MR) is 465 cm³/mol. The smallest absolute Gasteiger partial charge is 0.220 e. The zero-order chi connectivity index (χ0) is 75.0. The summed E-state index contributed by atoms with van der Waals surface area (Å²) in [5, 5.41) is 18.4. The molecule has 12 heteroatoms. The van der Waals surface area contributed by atoms with E-state index in [1.54, 1.807) is 0 Å². The van der Waals surface area contributed by atoms with E-state index in [2.05, 4.69) is 159 Å². The Kier molecular flexibility index (Phi) is 25.7. The van der Waals surface area contributed by atoms with E-state index in [0.29, 0.717) is 17.9 Å². The molecule has 0 aliphatic heterocycles. The zero-order valence-corrected chi connectivity index (χ0v) is 60.6. The van der Waals surface area contributed by atoms with Crippen LogP contribution < -0.4 is 40.9 Å². The molecule has 16 rings (SSSR count). The first-order valence-corrected chi connectivity index (χ1v) is 36.3. The number of nitrogens with one attached hydrogen (secondary N) is 3. The molecular formula is C98H82N12. The lowest BCUT2D eigenvalue weighted by molar-refractivity contribution is 1.19. The number of hydrogen-bond donors (Lipinski definition) is 4. The van der Waals surface area contributed by atoms with Crippen molar-refractivity contribution in [2.45, 2.75) is 0 Å². The molecule has 0 heterocycles. The average Bonchev–Trinajstić information content (AvgIpc) is 0.794. The minimum absolute atomic E-state index is 0.356. The second-order valence-corrected chi connectivity index (χ2v) is 24.9. The second kappa shape index (κ2) is 38.6. The highest BCUT2D eigenvalue weighted by Crippen LogP contribution is 2.37. The fraction of sp³-hybridized carbons (Fsp3) is 0. The lowest BCUT2D eigenvalue weighted by Crippen LogP contribution is -2.39. The fourth-order valence-corrected chi connectivity index (χ4v) is 12.1. The van der Waals surface area contributed by atoms with Gasteiger partial charge in [-0.25, -0.2) is 15.0 Å². The van der Waals surface area contributed by atoms with E-state index < -0.39 is 0 Å². The van der Waals surface area contributed by atoms with E-state index in [0.717, 1.165) is 91.3 Å². The summed E-state index contributed by atoms with van der Waals surface area (Å²) in [6, 6.07) is 156. The number of aliphatic imine (C=N–C) groups is 3. The van der Waals surface area contributed by atoms with Crippen molar-refractivity contribution >= 4 is 120 Å². The van der Waals surface area contributed by atoms with Gasteiger partial charge in [0.25, 0.3) is 0 Å². The lowest BCUT2D eigenvalue weighted by atomic mass is 10.1. The van der Waals surface area contributed by atoms with Crippen molar-refractivity contribution in [2.75, 3.05) is 35.1 Å². The van der Waals surface area contributed by atoms with Crippen LogP contribution in [0, 0.1) is 5.41 Å². The highest BCUT2D eigenvalue weighted by atomic mass is 15.4. The molecule has 0 bridgehead atoms. The van der Waals surface area contributed by atoms with E-state index in [1.807, 2.05) is 348 Å². The molecule has 12 nitrogen and oxygen atoms in total. The molecular weight excluding hydrogens is 1350 g/mol. The Morgan fingerprint density at radius 2 is 0.455 bits per heavy atom. The number of anilines is 12. The normalized spacial score (nSPS) is 10.7. The Labute approximate surface area is 644 Å². The third-order valence-corrected chi connectivity index (χ3v) is 17.2. The van der Waals surface area contributed by atoms with Crippen molar-refractivity contribution in [2.24, 2.45) is 20.7 Å². The summed E-state index contributed by atoms with van der Waals surface area (Å²) in [5.41, 5.74) is 20.7. The highest BCUT2D eigenvalue weighted by molar-refractivity contribution is 6.17. The van der Waals surface area contributed by atoms with Crippen LogP contribution in [0.3, 0.4) is 0 Å². The third-order valence-electron chi connectivity index (χ3n) is 17.2. The van der Waals surface area contributed by atoms with Crippen LogP contribution in [0.15, 0.2) is 482 Å². The van der Waals surface area contributed by atoms with Gasteiger partial charge >= 0.3 is 0 Å². The summed E-state index contributed by atoms with van der Waals surface area (Å²) in [6.45, 7) is 0. The van der Waals surface area contributed by atoms with Gasteiger partial charge in [-0.1, -0.05) is 285 Å². The standard InChI is InChI=1S/C31H25N3.C25H21N3.C23H19N3.C19H17N3/c1-6-16-26(17-7-1)32-31(33(27-18-8-2-9-19-27)28-20-10-3-11-21-28)34(29-22-12-4-13-23-29)30-24-14-5-15-25-30;26-25(27(21-13-5-1-6-14-21)22-15-7-2-8-16-22)28(23-17-9-3-10-18-23)24-19-11-4-12-20-24;1-3-11-20(12-4-1)24-23(25-21-13-5-2-6-14-21)26-22-16-15-18-9-7-8-10-19(18)17-22;20-19(21-16-10-4-1-5-11-16)22(17-12-6-2-7-13-17)18-14-8-3-9-15-18/h1-25H;1-20,26H;1-17H,(H2,24,25,26);1-15H,(H2,20,21). The molecule has 16 aromatic carbocycles. The van der Waals surface area contributed by atoms with Crippen molar-refractivity contribution in [1.82, 2.24) is 0 Å². The zero-order valence-electron chi connectivity index (χ0n) is 60.6. The Morgan fingerprint density at radius 3 is 0.773 bits per heavy atom. The monoisotopic (exact) mass is 1430 g/mol. The van der Waals surface area contributed by atoms with E-state index in [9.17, 15) is 5.41 Å². The largest absolute Gasteiger partial charge is 0.369 e. The van der Waals surface area contributed by atoms with Gasteiger partial charge in [0.2, 0.25) is 23.8 Å². The van der Waals surface area contributed by atoms with E-state index in [4.69, 9.17) is 15.7 Å². The molecule has 0 atom stereocenters. The van der Waals surface area contributed by atoms with Crippen LogP contribution in [0.5, 0.6) is 0 Å². The van der Waals surface area contributed by atoms with E-state index in [-0.39, 0.29) is 0 Å². The van der Waals surface area contributed by atoms with Crippen LogP contribution in [-0.4, -0.2) is 23.8 Å². The number of rotatable bonds is 15. The van der Waals surface area contributed by atoms with Gasteiger partial charge in [0.05, 0.1) is 17.1 Å². The Bertz CT molecular complexity index is 5110. The molecule has 16 aromatic rings. The van der Waals surface area contributed by atoms with Gasteiger partial charge in [0.15, 0.2) is 0 Å². The number of guanidine groups is 4. The minimum Gasteiger partial charge on any atom is -0.369 e. The van der Waals surface area contributed by atoms with Crippen molar-refractivity contribution in [3.8, 4) is 0 Å². The summed E-state index contributed by atoms with van der Waals surface area (Å²) in [4.78, 5) is 24.7. The highest BCUT2D eigenvalue weighted by Gasteiger charge is 2.27. The third kappa shape index (κ3) is 20.2. The summed E-state index contributed by atoms with van der Waals surface area (Å²) >= 11 is 0. The van der Waals surface area contributed by atoms with E-state index in [1.165, 1.54) is 10.8 Å². The first kappa shape index (κ1) is 73.2. The van der Waals surface area contributed by atoms with Crippen molar-refractivity contribution < 1.29 is 0 Å². The van der Waals surface area contributed by atoms with Crippen molar-refractivity contribution in [3.63, 3.8) is 0 Å². The van der Waals surface area contributed by atoms with Gasteiger partial charge in [-0.3, -0.25) is 29.9 Å². The minimum atomic E-state index is 0.356. The number of hydrogen-bond acceptors (Lipinski definition) is 4. The molecule has 0 aliphatic carbocycles. The maximum Gasteiger partial charge on any atom is 0.220 e. The molecule has 5 N–H and O–H groups in total. The molecule has 0 saturated heterocycles. The average molecular weight is 1430 g/mol. The Hall–Kier alpha value is -15.1. The number of fused-ring (bicyclic) bond motifs is 1. The van der Waals surface area contributed by atoms with Crippen LogP contribution in [0.25, 0.3) is 10.8 Å². The number of para-hydroxylation sites is 14.